The first-order chi connectivity index (χ1) is 8.75. The van der Waals surface area contributed by atoms with Crippen LogP contribution in [0.2, 0.25) is 0 Å². The minimum atomic E-state index is -0.491. The Kier molecular flexibility index (Phi) is 2.55. The minimum Gasteiger partial charge on any atom is -0.329 e. The molecule has 0 unspecified atom stereocenters. The Bertz CT molecular complexity index is 595. The molecule has 0 radical (unpaired) electrons. The second-order valence-electron chi connectivity index (χ2n) is 4.15. The Morgan fingerprint density at radius 2 is 2.11 bits per heavy atom. The van der Waals surface area contributed by atoms with Crippen molar-refractivity contribution in [3.8, 4) is 0 Å². The number of benzene rings is 1. The number of halogens is 1. The van der Waals surface area contributed by atoms with Crippen LogP contribution in [0.5, 0.6) is 0 Å². The van der Waals surface area contributed by atoms with Crippen LogP contribution in [0, 0.1) is 5.82 Å². The highest BCUT2D eigenvalue weighted by atomic mass is 19.1. The van der Waals surface area contributed by atoms with Crippen LogP contribution < -0.4 is 0 Å². The normalized spacial score (nSPS) is 14.4. The monoisotopic (exact) mass is 246 g/mol. The van der Waals surface area contributed by atoms with Crippen molar-refractivity contribution in [3.63, 3.8) is 0 Å². The zero-order valence-electron chi connectivity index (χ0n) is 9.58. The van der Waals surface area contributed by atoms with Gasteiger partial charge in [-0.15, -0.1) is 10.2 Å². The van der Waals surface area contributed by atoms with E-state index in [0.29, 0.717) is 19.6 Å². The number of amides is 1. The molecule has 0 N–H and O–H groups in total. The van der Waals surface area contributed by atoms with Gasteiger partial charge in [-0.3, -0.25) is 4.79 Å². The van der Waals surface area contributed by atoms with Crippen molar-refractivity contribution in [2.75, 3.05) is 6.54 Å². The fourth-order valence-electron chi connectivity index (χ4n) is 2.04. The Hall–Kier alpha value is -2.24. The molecule has 6 heteroatoms. The third kappa shape index (κ3) is 1.75. The smallest absolute Gasteiger partial charge is 0.257 e. The highest BCUT2D eigenvalue weighted by Gasteiger charge is 2.24. The molecule has 5 nitrogen and oxygen atoms in total. The van der Waals surface area contributed by atoms with Crippen molar-refractivity contribution >= 4 is 5.91 Å². The lowest BCUT2D eigenvalue weighted by atomic mass is 10.1. The molecule has 0 atom stereocenters. The summed E-state index contributed by atoms with van der Waals surface area (Å²) in [6, 6.07) is 6.01. The summed E-state index contributed by atoms with van der Waals surface area (Å²) in [6.07, 6.45) is 1.64. The third-order valence-corrected chi connectivity index (χ3v) is 3.03. The van der Waals surface area contributed by atoms with Gasteiger partial charge in [-0.1, -0.05) is 12.1 Å². The van der Waals surface area contributed by atoms with Crippen molar-refractivity contribution < 1.29 is 9.18 Å². The number of aromatic nitrogens is 3. The molecule has 92 valence electrons. The van der Waals surface area contributed by atoms with Gasteiger partial charge in [0.2, 0.25) is 0 Å². The number of carbonyl (C=O) groups is 1. The summed E-state index contributed by atoms with van der Waals surface area (Å²) in [5.41, 5.74) is 0.102. The Morgan fingerprint density at radius 1 is 1.28 bits per heavy atom. The maximum absolute atomic E-state index is 13.6. The molecule has 0 aliphatic carbocycles. The van der Waals surface area contributed by atoms with E-state index in [2.05, 4.69) is 10.2 Å². The van der Waals surface area contributed by atoms with E-state index in [-0.39, 0.29) is 11.5 Å². The summed E-state index contributed by atoms with van der Waals surface area (Å²) in [4.78, 5) is 13.8. The summed E-state index contributed by atoms with van der Waals surface area (Å²) in [5, 5.41) is 7.72. The molecular formula is C12H11FN4O. The van der Waals surface area contributed by atoms with Crippen LogP contribution in [0.3, 0.4) is 0 Å². The second kappa shape index (κ2) is 4.21. The fraction of sp³-hybridized carbons (Fsp3) is 0.250. The van der Waals surface area contributed by atoms with Gasteiger partial charge < -0.3 is 9.47 Å². The summed E-state index contributed by atoms with van der Waals surface area (Å²) in [5.74, 6) is -0.0668. The summed E-state index contributed by atoms with van der Waals surface area (Å²) in [6.45, 7) is 1.55. The molecule has 1 aromatic heterocycles. The molecule has 0 saturated heterocycles. The van der Waals surface area contributed by atoms with Crippen molar-refractivity contribution in [3.05, 3.63) is 47.8 Å². The number of rotatable bonds is 1. The Morgan fingerprint density at radius 3 is 2.94 bits per heavy atom. The van der Waals surface area contributed by atoms with Gasteiger partial charge in [0.15, 0.2) is 5.82 Å². The molecule has 1 amide bonds. The molecule has 1 aromatic carbocycles. The van der Waals surface area contributed by atoms with Gasteiger partial charge in [0.25, 0.3) is 5.91 Å². The predicted octanol–water partition coefficient (Wildman–Crippen LogP) is 1.07. The van der Waals surface area contributed by atoms with Gasteiger partial charge in [0.05, 0.1) is 12.1 Å². The first kappa shape index (κ1) is 10.9. The molecular weight excluding hydrogens is 235 g/mol. The first-order valence-electron chi connectivity index (χ1n) is 5.66. The van der Waals surface area contributed by atoms with E-state index in [9.17, 15) is 9.18 Å². The molecule has 18 heavy (non-hydrogen) atoms. The maximum atomic E-state index is 13.6. The van der Waals surface area contributed by atoms with Crippen LogP contribution in [0.4, 0.5) is 4.39 Å². The largest absolute Gasteiger partial charge is 0.329 e. The lowest BCUT2D eigenvalue weighted by Crippen LogP contribution is -2.38. The highest BCUT2D eigenvalue weighted by Crippen LogP contribution is 2.15. The van der Waals surface area contributed by atoms with Gasteiger partial charge in [-0.2, -0.15) is 0 Å². The van der Waals surface area contributed by atoms with Gasteiger partial charge >= 0.3 is 0 Å². The number of hydrogen-bond acceptors (Lipinski definition) is 3. The standard InChI is InChI=1S/C12H11FN4O/c13-10-4-2-1-3-9(10)12(18)16-5-6-17-8-14-15-11(17)7-16/h1-4,8H,5-7H2. The molecule has 2 heterocycles. The molecule has 2 aromatic rings. The number of fused-ring (bicyclic) bond motifs is 1. The van der Waals surface area contributed by atoms with Crippen LogP contribution in [0.1, 0.15) is 16.2 Å². The summed E-state index contributed by atoms with van der Waals surface area (Å²) < 4.78 is 15.4. The van der Waals surface area contributed by atoms with Crippen LogP contribution >= 0.6 is 0 Å². The second-order valence-corrected chi connectivity index (χ2v) is 4.15. The molecule has 0 fully saturated rings. The van der Waals surface area contributed by atoms with Gasteiger partial charge in [-0.25, -0.2) is 4.39 Å². The maximum Gasteiger partial charge on any atom is 0.257 e. The molecule has 1 aliphatic heterocycles. The molecule has 0 spiro atoms. The lowest BCUT2D eigenvalue weighted by Gasteiger charge is -2.27. The fourth-order valence-corrected chi connectivity index (χ4v) is 2.04. The lowest BCUT2D eigenvalue weighted by molar-refractivity contribution is 0.0702. The zero-order chi connectivity index (χ0) is 12.5. The highest BCUT2D eigenvalue weighted by molar-refractivity contribution is 5.94. The number of carbonyl (C=O) groups excluding carboxylic acids is 1. The predicted molar refractivity (Wildman–Crippen MR) is 61.2 cm³/mol. The quantitative estimate of drug-likeness (QED) is 0.756. The molecule has 3 rings (SSSR count). The third-order valence-electron chi connectivity index (χ3n) is 3.03. The van der Waals surface area contributed by atoms with Crippen molar-refractivity contribution in [1.82, 2.24) is 19.7 Å². The van der Waals surface area contributed by atoms with Gasteiger partial charge in [0, 0.05) is 13.1 Å². The van der Waals surface area contributed by atoms with E-state index in [1.54, 1.807) is 23.4 Å². The Labute approximate surface area is 103 Å². The van der Waals surface area contributed by atoms with Crippen LogP contribution in [0.25, 0.3) is 0 Å². The van der Waals surface area contributed by atoms with Crippen molar-refractivity contribution in [2.24, 2.45) is 0 Å². The van der Waals surface area contributed by atoms with Gasteiger partial charge in [0.1, 0.15) is 12.1 Å². The zero-order valence-corrected chi connectivity index (χ0v) is 9.58. The van der Waals surface area contributed by atoms with E-state index in [1.807, 2.05) is 4.57 Å². The molecule has 1 aliphatic rings. The van der Waals surface area contributed by atoms with E-state index in [1.165, 1.54) is 12.1 Å². The number of hydrogen-bond donors (Lipinski definition) is 0. The first-order valence-corrected chi connectivity index (χ1v) is 5.66. The SMILES string of the molecule is O=C(c1ccccc1F)N1CCn2cnnc2C1. The van der Waals surface area contributed by atoms with E-state index in [4.69, 9.17) is 0 Å². The number of nitrogens with zero attached hydrogens (tertiary/aromatic N) is 4. The molecule has 0 saturated carbocycles. The minimum absolute atomic E-state index is 0.102. The average Bonchev–Trinajstić information content (AvgIpc) is 2.85. The van der Waals surface area contributed by atoms with Crippen LogP contribution in [0.15, 0.2) is 30.6 Å². The van der Waals surface area contributed by atoms with Crippen molar-refractivity contribution in [1.29, 1.82) is 0 Å². The van der Waals surface area contributed by atoms with E-state index >= 15 is 0 Å². The van der Waals surface area contributed by atoms with E-state index in [0.717, 1.165) is 5.82 Å². The summed E-state index contributed by atoms with van der Waals surface area (Å²) in [7, 11) is 0. The topological polar surface area (TPSA) is 51.0 Å². The summed E-state index contributed by atoms with van der Waals surface area (Å²) >= 11 is 0. The van der Waals surface area contributed by atoms with Gasteiger partial charge in [-0.05, 0) is 12.1 Å². The average molecular weight is 246 g/mol. The van der Waals surface area contributed by atoms with Crippen molar-refractivity contribution in [2.45, 2.75) is 13.1 Å². The Balaban J connectivity index is 1.85. The van der Waals surface area contributed by atoms with Crippen LogP contribution in [-0.2, 0) is 13.1 Å². The molecule has 0 bridgehead atoms. The van der Waals surface area contributed by atoms with Crippen LogP contribution in [-0.4, -0.2) is 32.1 Å². The van der Waals surface area contributed by atoms with E-state index < -0.39 is 5.82 Å².